The van der Waals surface area contributed by atoms with Crippen LogP contribution in [0.25, 0.3) is 0 Å². The summed E-state index contributed by atoms with van der Waals surface area (Å²) >= 11 is 0. The molecule has 2 unspecified atom stereocenters. The van der Waals surface area contributed by atoms with Gasteiger partial charge < -0.3 is 10.3 Å². The fourth-order valence-corrected chi connectivity index (χ4v) is 3.63. The molecule has 0 aromatic heterocycles. The number of nitrogens with zero attached hydrogens (tertiary/aromatic N) is 1. The second-order valence-corrected chi connectivity index (χ2v) is 7.00. The van der Waals surface area contributed by atoms with Crippen LogP contribution in [0.4, 0.5) is 5.69 Å². The van der Waals surface area contributed by atoms with Gasteiger partial charge in [0.05, 0.1) is 6.10 Å². The molecular formula is C12H19N2O2P. The minimum Gasteiger partial charge on any atom is -0.399 e. The van der Waals surface area contributed by atoms with E-state index in [1.54, 1.807) is 6.66 Å². The molecule has 1 aliphatic heterocycles. The molecule has 0 radical (unpaired) electrons. The van der Waals surface area contributed by atoms with E-state index in [1.165, 1.54) is 0 Å². The molecule has 94 valence electrons. The molecule has 17 heavy (non-hydrogen) atoms. The van der Waals surface area contributed by atoms with Gasteiger partial charge in [0.2, 0.25) is 0 Å². The van der Waals surface area contributed by atoms with Crippen molar-refractivity contribution in [3.05, 3.63) is 29.3 Å². The highest BCUT2D eigenvalue weighted by atomic mass is 31.2. The van der Waals surface area contributed by atoms with Crippen LogP contribution in [-0.2, 0) is 9.09 Å². The minimum absolute atomic E-state index is 0.174. The van der Waals surface area contributed by atoms with Crippen LogP contribution in [0, 0.1) is 6.92 Å². The molecular weight excluding hydrogens is 235 g/mol. The molecule has 1 aliphatic rings. The van der Waals surface area contributed by atoms with E-state index in [1.807, 2.05) is 36.7 Å². The average molecular weight is 254 g/mol. The first-order chi connectivity index (χ1) is 7.90. The summed E-state index contributed by atoms with van der Waals surface area (Å²) in [6.45, 7) is 7.35. The summed E-state index contributed by atoms with van der Waals surface area (Å²) in [6, 6.07) is 5.70. The number of benzene rings is 1. The maximum atomic E-state index is 12.2. The van der Waals surface area contributed by atoms with Crippen LogP contribution in [0.1, 0.15) is 24.2 Å². The zero-order valence-electron chi connectivity index (χ0n) is 10.5. The molecule has 0 spiro atoms. The highest BCUT2D eigenvalue weighted by Crippen LogP contribution is 2.54. The number of rotatable bonds is 4. The van der Waals surface area contributed by atoms with Gasteiger partial charge in [-0.2, -0.15) is 0 Å². The van der Waals surface area contributed by atoms with Crippen LogP contribution in [0.5, 0.6) is 0 Å². The molecule has 4 nitrogen and oxygen atoms in total. The van der Waals surface area contributed by atoms with Crippen LogP contribution in [0.3, 0.4) is 0 Å². The van der Waals surface area contributed by atoms with Crippen molar-refractivity contribution in [2.24, 2.45) is 0 Å². The largest absolute Gasteiger partial charge is 0.399 e. The molecule has 2 rings (SSSR count). The Labute approximate surface area is 102 Å². The number of hydrogen-bond donors (Lipinski definition) is 1. The lowest BCUT2D eigenvalue weighted by Gasteiger charge is -2.21. The van der Waals surface area contributed by atoms with Gasteiger partial charge in [-0.05, 0) is 37.1 Å². The maximum Gasteiger partial charge on any atom is 0.270 e. The number of aryl methyl sites for hydroxylation is 1. The van der Waals surface area contributed by atoms with Crippen molar-refractivity contribution in [3.8, 4) is 0 Å². The van der Waals surface area contributed by atoms with Crippen molar-refractivity contribution in [2.75, 3.05) is 25.5 Å². The summed E-state index contributed by atoms with van der Waals surface area (Å²) in [5.74, 6) is 0. The van der Waals surface area contributed by atoms with Crippen molar-refractivity contribution in [2.45, 2.75) is 20.0 Å². The van der Waals surface area contributed by atoms with Crippen LogP contribution in [0.2, 0.25) is 0 Å². The van der Waals surface area contributed by atoms with Crippen molar-refractivity contribution >= 4 is 13.2 Å². The summed E-state index contributed by atoms with van der Waals surface area (Å²) < 4.78 is 19.8. The maximum absolute atomic E-state index is 12.2. The lowest BCUT2D eigenvalue weighted by atomic mass is 10.0. The summed E-state index contributed by atoms with van der Waals surface area (Å²) in [6.07, 6.45) is -0.174. The van der Waals surface area contributed by atoms with Crippen molar-refractivity contribution < 1.29 is 9.09 Å². The van der Waals surface area contributed by atoms with Crippen LogP contribution in [0.15, 0.2) is 18.2 Å². The van der Waals surface area contributed by atoms with E-state index in [2.05, 4.69) is 0 Å². The van der Waals surface area contributed by atoms with E-state index in [0.717, 1.165) is 29.9 Å². The van der Waals surface area contributed by atoms with Gasteiger partial charge in [-0.1, -0.05) is 6.07 Å². The summed E-state index contributed by atoms with van der Waals surface area (Å²) in [4.78, 5) is 0. The average Bonchev–Trinajstić information content (AvgIpc) is 2.98. The molecule has 5 heteroatoms. The first-order valence-electron chi connectivity index (χ1n) is 5.77. The first-order valence-corrected chi connectivity index (χ1v) is 7.80. The Morgan fingerprint density at radius 2 is 2.12 bits per heavy atom. The number of hydrogen-bond acceptors (Lipinski definition) is 3. The Hall–Kier alpha value is -0.830. The van der Waals surface area contributed by atoms with Gasteiger partial charge in [-0.25, -0.2) is 4.67 Å². The molecule has 0 saturated carbocycles. The lowest BCUT2D eigenvalue weighted by molar-refractivity contribution is 0.218. The Balaban J connectivity index is 2.14. The Morgan fingerprint density at radius 3 is 2.65 bits per heavy atom. The third-order valence-electron chi connectivity index (χ3n) is 3.02. The second kappa shape index (κ2) is 4.45. The molecule has 0 aliphatic carbocycles. The van der Waals surface area contributed by atoms with Gasteiger partial charge in [-0.15, -0.1) is 0 Å². The number of anilines is 1. The van der Waals surface area contributed by atoms with Gasteiger partial charge >= 0.3 is 0 Å². The molecule has 2 atom stereocenters. The van der Waals surface area contributed by atoms with Crippen molar-refractivity contribution in [1.29, 1.82) is 0 Å². The normalized spacial score (nSPS) is 20.9. The minimum atomic E-state index is -2.60. The van der Waals surface area contributed by atoms with E-state index in [9.17, 15) is 4.57 Å². The molecule has 0 bridgehead atoms. The van der Waals surface area contributed by atoms with Crippen molar-refractivity contribution in [1.82, 2.24) is 4.67 Å². The summed E-state index contributed by atoms with van der Waals surface area (Å²) in [5, 5.41) is 0. The standard InChI is InChI=1S/C12H19N2O2P/c1-9-8-11(13)4-5-12(9)10(2)16-17(3,15)14-6-7-14/h4-5,8,10H,6-7,13H2,1-3H3. The number of nitrogens with two attached hydrogens (primary N) is 1. The van der Waals surface area contributed by atoms with Gasteiger partial charge in [0.25, 0.3) is 7.52 Å². The third-order valence-corrected chi connectivity index (χ3v) is 5.16. The molecule has 1 aromatic rings. The predicted molar refractivity (Wildman–Crippen MR) is 70.2 cm³/mol. The molecule has 0 amide bonds. The molecule has 1 aromatic carbocycles. The quantitative estimate of drug-likeness (QED) is 0.510. The van der Waals surface area contributed by atoms with Crippen LogP contribution in [-0.4, -0.2) is 24.4 Å². The monoisotopic (exact) mass is 254 g/mol. The van der Waals surface area contributed by atoms with Crippen molar-refractivity contribution in [3.63, 3.8) is 0 Å². The molecule has 1 fully saturated rings. The van der Waals surface area contributed by atoms with Crippen LogP contribution < -0.4 is 5.73 Å². The van der Waals surface area contributed by atoms with E-state index in [4.69, 9.17) is 10.3 Å². The number of nitrogen functional groups attached to an aromatic ring is 1. The SMILES string of the molecule is Cc1cc(N)ccc1C(C)OP(C)(=O)N1CC1. The van der Waals surface area contributed by atoms with Gasteiger partial charge in [0.15, 0.2) is 0 Å². The Kier molecular flexibility index (Phi) is 3.30. The highest BCUT2D eigenvalue weighted by molar-refractivity contribution is 7.55. The highest BCUT2D eigenvalue weighted by Gasteiger charge is 2.36. The fourth-order valence-electron chi connectivity index (χ4n) is 1.98. The topological polar surface area (TPSA) is 55.3 Å². The zero-order chi connectivity index (χ0) is 12.6. The van der Waals surface area contributed by atoms with Gasteiger partial charge in [0, 0.05) is 25.4 Å². The zero-order valence-corrected chi connectivity index (χ0v) is 11.4. The van der Waals surface area contributed by atoms with E-state index >= 15 is 0 Å². The Morgan fingerprint density at radius 1 is 1.47 bits per heavy atom. The van der Waals surface area contributed by atoms with E-state index in [-0.39, 0.29) is 6.10 Å². The first kappa shape index (κ1) is 12.6. The second-order valence-electron chi connectivity index (χ2n) is 4.62. The smallest absolute Gasteiger partial charge is 0.270 e. The predicted octanol–water partition coefficient (Wildman–Crippen LogP) is 2.79. The fraction of sp³-hybridized carbons (Fsp3) is 0.500. The third kappa shape index (κ3) is 2.89. The summed E-state index contributed by atoms with van der Waals surface area (Å²) in [5.41, 5.74) is 8.57. The van der Waals surface area contributed by atoms with E-state index < -0.39 is 7.52 Å². The Bertz CT molecular complexity index is 472. The van der Waals surface area contributed by atoms with Crippen LogP contribution >= 0.6 is 7.52 Å². The summed E-state index contributed by atoms with van der Waals surface area (Å²) in [7, 11) is -2.60. The molecule has 1 heterocycles. The van der Waals surface area contributed by atoms with Gasteiger partial charge in [-0.3, -0.25) is 4.57 Å². The van der Waals surface area contributed by atoms with Gasteiger partial charge in [0.1, 0.15) is 0 Å². The lowest BCUT2D eigenvalue weighted by Crippen LogP contribution is -2.05. The molecule has 1 saturated heterocycles. The molecule has 2 N–H and O–H groups in total. The van der Waals surface area contributed by atoms with E-state index in [0.29, 0.717) is 0 Å².